The number of aliphatic hydroxyl groups excluding tert-OH is 1. The van der Waals surface area contributed by atoms with Crippen LogP contribution in [0.2, 0.25) is 0 Å². The monoisotopic (exact) mass is 250 g/mol. The number of carbonyl (C=O) groups is 1. The van der Waals surface area contributed by atoms with Crippen molar-refractivity contribution < 1.29 is 14.6 Å². The molecule has 3 heteroatoms. The molecule has 0 aromatic carbocycles. The van der Waals surface area contributed by atoms with Crippen LogP contribution in [0.1, 0.15) is 46.5 Å². The largest absolute Gasteiger partial charge is 0.454 e. The molecule has 1 N–H and O–H groups in total. The van der Waals surface area contributed by atoms with Crippen molar-refractivity contribution in [2.75, 3.05) is 0 Å². The molecule has 18 heavy (non-hydrogen) atoms. The number of hydrogen-bond acceptors (Lipinski definition) is 3. The Morgan fingerprint density at radius 1 is 1.44 bits per heavy atom. The zero-order chi connectivity index (χ0) is 13.1. The van der Waals surface area contributed by atoms with Crippen LogP contribution in [0.5, 0.6) is 0 Å². The second-order valence-electron chi connectivity index (χ2n) is 6.68. The quantitative estimate of drug-likeness (QED) is 0.672. The van der Waals surface area contributed by atoms with E-state index in [1.165, 1.54) is 5.57 Å². The Labute approximate surface area is 108 Å². The number of esters is 1. The average Bonchev–Trinajstić information content (AvgIpc) is 2.58. The molecule has 2 aliphatic carbocycles. The van der Waals surface area contributed by atoms with Crippen molar-refractivity contribution in [1.29, 1.82) is 0 Å². The lowest BCUT2D eigenvalue weighted by atomic mass is 9.55. The van der Waals surface area contributed by atoms with Crippen molar-refractivity contribution >= 4 is 5.97 Å². The predicted octanol–water partition coefficient (Wildman–Crippen LogP) is 2.44. The molecule has 3 rings (SSSR count). The lowest BCUT2D eigenvalue weighted by Gasteiger charge is -2.51. The minimum absolute atomic E-state index is 0.0150. The summed E-state index contributed by atoms with van der Waals surface area (Å²) >= 11 is 0. The molecule has 0 spiro atoms. The van der Waals surface area contributed by atoms with E-state index in [1.807, 2.05) is 6.92 Å². The maximum absolute atomic E-state index is 11.7. The number of aliphatic hydroxyl groups is 1. The zero-order valence-electron chi connectivity index (χ0n) is 11.4. The third-order valence-corrected chi connectivity index (χ3v) is 5.67. The van der Waals surface area contributed by atoms with Crippen molar-refractivity contribution in [3.05, 3.63) is 11.1 Å². The van der Waals surface area contributed by atoms with Gasteiger partial charge < -0.3 is 9.84 Å². The maximum Gasteiger partial charge on any atom is 0.334 e. The Bertz CT molecular complexity index is 425. The molecular formula is C15H22O3. The fourth-order valence-corrected chi connectivity index (χ4v) is 4.29. The summed E-state index contributed by atoms with van der Waals surface area (Å²) in [5.41, 5.74) is 2.23. The van der Waals surface area contributed by atoms with E-state index in [2.05, 4.69) is 13.8 Å². The first-order chi connectivity index (χ1) is 8.42. The summed E-state index contributed by atoms with van der Waals surface area (Å²) in [6.07, 6.45) is 3.63. The second-order valence-corrected chi connectivity index (χ2v) is 6.68. The number of hydrogen-bond donors (Lipinski definition) is 1. The first-order valence-electron chi connectivity index (χ1n) is 7.01. The molecule has 0 saturated heterocycles. The molecule has 100 valence electrons. The van der Waals surface area contributed by atoms with Gasteiger partial charge in [-0.3, -0.25) is 0 Å². The van der Waals surface area contributed by atoms with Gasteiger partial charge >= 0.3 is 5.97 Å². The van der Waals surface area contributed by atoms with E-state index >= 15 is 0 Å². The molecule has 1 aliphatic heterocycles. The standard InChI is InChI=1S/C15H22O3/c1-8-10-6-11-9(2)12(16)4-5-15(11,3)7-13(10)18-14(8)17/h9,11-13,16H,4-7H2,1-3H3/t9-,11-,12-,13+,15-/m1/s1. The van der Waals surface area contributed by atoms with Gasteiger partial charge in [0.25, 0.3) is 0 Å². The van der Waals surface area contributed by atoms with Gasteiger partial charge in [0, 0.05) is 5.57 Å². The summed E-state index contributed by atoms with van der Waals surface area (Å²) < 4.78 is 5.48. The molecule has 0 amide bonds. The molecule has 0 radical (unpaired) electrons. The minimum atomic E-state index is -0.182. The Kier molecular flexibility index (Phi) is 2.60. The van der Waals surface area contributed by atoms with Crippen molar-refractivity contribution in [3.8, 4) is 0 Å². The van der Waals surface area contributed by atoms with Gasteiger partial charge in [-0.1, -0.05) is 13.8 Å². The fraction of sp³-hybridized carbons (Fsp3) is 0.800. The first-order valence-corrected chi connectivity index (χ1v) is 7.01. The summed E-state index contributed by atoms with van der Waals surface area (Å²) in [5, 5.41) is 10.1. The second kappa shape index (κ2) is 3.83. The molecule has 0 bridgehead atoms. The van der Waals surface area contributed by atoms with Crippen LogP contribution in [-0.4, -0.2) is 23.3 Å². The lowest BCUT2D eigenvalue weighted by Crippen LogP contribution is -2.48. The lowest BCUT2D eigenvalue weighted by molar-refractivity contribution is -0.143. The summed E-state index contributed by atoms with van der Waals surface area (Å²) in [4.78, 5) is 11.7. The highest BCUT2D eigenvalue weighted by molar-refractivity contribution is 5.91. The van der Waals surface area contributed by atoms with Crippen molar-refractivity contribution in [3.63, 3.8) is 0 Å². The van der Waals surface area contributed by atoms with Gasteiger partial charge in [-0.05, 0) is 55.4 Å². The predicted molar refractivity (Wildman–Crippen MR) is 67.8 cm³/mol. The highest BCUT2D eigenvalue weighted by atomic mass is 16.5. The molecule has 3 aliphatic rings. The topological polar surface area (TPSA) is 46.5 Å². The maximum atomic E-state index is 11.7. The van der Waals surface area contributed by atoms with Gasteiger partial charge in [0.15, 0.2) is 0 Å². The van der Waals surface area contributed by atoms with E-state index in [0.29, 0.717) is 11.8 Å². The van der Waals surface area contributed by atoms with Crippen molar-refractivity contribution in [2.45, 2.75) is 58.7 Å². The van der Waals surface area contributed by atoms with Crippen LogP contribution in [0, 0.1) is 17.3 Å². The third kappa shape index (κ3) is 1.56. The minimum Gasteiger partial charge on any atom is -0.454 e. The third-order valence-electron chi connectivity index (χ3n) is 5.67. The Hall–Kier alpha value is -0.830. The fourth-order valence-electron chi connectivity index (χ4n) is 4.29. The van der Waals surface area contributed by atoms with Crippen LogP contribution >= 0.6 is 0 Å². The summed E-state index contributed by atoms with van der Waals surface area (Å²) in [5.74, 6) is 0.670. The SMILES string of the molecule is CC1=C2C[C@@H]3[C@@H](C)[C@H](O)CC[C@]3(C)C[C@@H]2OC1=O. The molecule has 5 atom stereocenters. The van der Waals surface area contributed by atoms with Crippen LogP contribution in [-0.2, 0) is 9.53 Å². The van der Waals surface area contributed by atoms with Gasteiger partial charge in [0.1, 0.15) is 6.10 Å². The van der Waals surface area contributed by atoms with Crippen molar-refractivity contribution in [1.82, 2.24) is 0 Å². The van der Waals surface area contributed by atoms with Crippen LogP contribution < -0.4 is 0 Å². The summed E-state index contributed by atoms with van der Waals surface area (Å²) in [6, 6.07) is 0. The smallest absolute Gasteiger partial charge is 0.334 e. The Balaban J connectivity index is 1.94. The van der Waals surface area contributed by atoms with E-state index in [9.17, 15) is 9.90 Å². The highest BCUT2D eigenvalue weighted by Gasteiger charge is 2.52. The zero-order valence-corrected chi connectivity index (χ0v) is 11.4. The van der Waals surface area contributed by atoms with Gasteiger partial charge in [-0.25, -0.2) is 4.79 Å². The number of carbonyl (C=O) groups excluding carboxylic acids is 1. The molecule has 0 aromatic rings. The van der Waals surface area contributed by atoms with E-state index in [4.69, 9.17) is 4.74 Å². The molecule has 1 heterocycles. The van der Waals surface area contributed by atoms with Crippen LogP contribution in [0.25, 0.3) is 0 Å². The van der Waals surface area contributed by atoms with Crippen LogP contribution in [0.4, 0.5) is 0 Å². The van der Waals surface area contributed by atoms with Gasteiger partial charge in [0.05, 0.1) is 6.10 Å². The summed E-state index contributed by atoms with van der Waals surface area (Å²) in [6.45, 7) is 6.34. The first kappa shape index (κ1) is 12.2. The molecular weight excluding hydrogens is 228 g/mol. The van der Waals surface area contributed by atoms with Gasteiger partial charge in [0.2, 0.25) is 0 Å². The molecule has 0 aromatic heterocycles. The van der Waals surface area contributed by atoms with Crippen LogP contribution in [0.15, 0.2) is 11.1 Å². The Morgan fingerprint density at radius 2 is 2.17 bits per heavy atom. The van der Waals surface area contributed by atoms with E-state index in [-0.39, 0.29) is 23.6 Å². The normalized spacial score (nSPS) is 47.7. The van der Waals surface area contributed by atoms with Gasteiger partial charge in [-0.15, -0.1) is 0 Å². The Morgan fingerprint density at radius 3 is 2.89 bits per heavy atom. The van der Waals surface area contributed by atoms with E-state index in [1.54, 1.807) is 0 Å². The van der Waals surface area contributed by atoms with Gasteiger partial charge in [-0.2, -0.15) is 0 Å². The average molecular weight is 250 g/mol. The summed E-state index contributed by atoms with van der Waals surface area (Å²) in [7, 11) is 0. The molecule has 2 fully saturated rings. The number of ether oxygens (including phenoxy) is 1. The molecule has 2 saturated carbocycles. The molecule has 0 unspecified atom stereocenters. The van der Waals surface area contributed by atoms with E-state index in [0.717, 1.165) is 31.3 Å². The highest BCUT2D eigenvalue weighted by Crippen LogP contribution is 2.55. The van der Waals surface area contributed by atoms with E-state index < -0.39 is 0 Å². The number of fused-ring (bicyclic) bond motifs is 2. The van der Waals surface area contributed by atoms with Crippen LogP contribution in [0.3, 0.4) is 0 Å². The molecule has 3 nitrogen and oxygen atoms in total. The number of rotatable bonds is 0. The van der Waals surface area contributed by atoms with Crippen molar-refractivity contribution in [2.24, 2.45) is 17.3 Å².